The Morgan fingerprint density at radius 2 is 1.71 bits per heavy atom. The number of nitriles is 1. The van der Waals surface area contributed by atoms with Crippen molar-refractivity contribution in [3.8, 4) is 6.07 Å². The lowest BCUT2D eigenvalue weighted by molar-refractivity contribution is 0.865. The van der Waals surface area contributed by atoms with E-state index in [4.69, 9.17) is 5.26 Å². The van der Waals surface area contributed by atoms with Gasteiger partial charge in [-0.25, -0.2) is 0 Å². The summed E-state index contributed by atoms with van der Waals surface area (Å²) in [5.41, 5.74) is 6.98. The molecule has 0 spiro atoms. The second-order valence-electron chi connectivity index (χ2n) is 6.34. The number of nitrogens with zero attached hydrogens (tertiary/aromatic N) is 2. The summed E-state index contributed by atoms with van der Waals surface area (Å²) < 4.78 is 2.38. The van der Waals surface area contributed by atoms with Crippen molar-refractivity contribution in [3.63, 3.8) is 0 Å². The van der Waals surface area contributed by atoms with Crippen LogP contribution in [-0.4, -0.2) is 4.57 Å². The first-order chi connectivity index (χ1) is 11.7. The maximum Gasteiger partial charge on any atom is 0.0991 e. The van der Waals surface area contributed by atoms with Crippen LogP contribution in [0.1, 0.15) is 22.3 Å². The van der Waals surface area contributed by atoms with Crippen LogP contribution in [0.2, 0.25) is 0 Å². The lowest BCUT2D eigenvalue weighted by Crippen LogP contribution is -2.01. The van der Waals surface area contributed by atoms with E-state index in [0.29, 0.717) is 5.56 Å². The minimum Gasteiger partial charge on any atom is -0.336 e. The van der Waals surface area contributed by atoms with E-state index in [9.17, 15) is 0 Å². The Labute approximate surface area is 141 Å². The number of aryl methyl sites for hydroxylation is 2. The molecule has 0 bridgehead atoms. The van der Waals surface area contributed by atoms with Crippen molar-refractivity contribution in [2.24, 2.45) is 0 Å². The van der Waals surface area contributed by atoms with Crippen LogP contribution in [0.25, 0.3) is 21.8 Å². The first kappa shape index (κ1) is 14.5. The first-order valence-electron chi connectivity index (χ1n) is 8.15. The van der Waals surface area contributed by atoms with Gasteiger partial charge in [0.15, 0.2) is 0 Å². The molecule has 0 amide bonds. The lowest BCUT2D eigenvalue weighted by Gasteiger charge is -2.10. The Morgan fingerprint density at radius 1 is 0.917 bits per heavy atom. The van der Waals surface area contributed by atoms with Crippen LogP contribution in [0.4, 0.5) is 0 Å². The van der Waals surface area contributed by atoms with Crippen molar-refractivity contribution < 1.29 is 0 Å². The van der Waals surface area contributed by atoms with Gasteiger partial charge in [-0.2, -0.15) is 5.26 Å². The van der Waals surface area contributed by atoms with Crippen molar-refractivity contribution in [1.29, 1.82) is 5.26 Å². The molecule has 0 fully saturated rings. The SMILES string of the molecule is Cc1ccc(C)c2c1c1ccccc1n2Cc1cccc(C#N)c1. The normalized spacial score (nSPS) is 11.0. The van der Waals surface area contributed by atoms with Gasteiger partial charge in [0.05, 0.1) is 17.1 Å². The molecule has 0 aliphatic heterocycles. The number of aromatic nitrogens is 1. The number of para-hydroxylation sites is 1. The van der Waals surface area contributed by atoms with E-state index < -0.39 is 0 Å². The molecule has 4 aromatic rings. The molecule has 3 aromatic carbocycles. The number of rotatable bonds is 2. The second kappa shape index (κ2) is 5.54. The molecule has 2 nitrogen and oxygen atoms in total. The molecule has 0 saturated heterocycles. The molecule has 0 aliphatic rings. The zero-order valence-corrected chi connectivity index (χ0v) is 13.9. The molecule has 2 heteroatoms. The van der Waals surface area contributed by atoms with E-state index in [1.165, 1.54) is 32.9 Å². The van der Waals surface area contributed by atoms with Crippen molar-refractivity contribution in [3.05, 3.63) is 82.9 Å². The van der Waals surface area contributed by atoms with Crippen molar-refractivity contribution >= 4 is 21.8 Å². The van der Waals surface area contributed by atoms with E-state index in [2.05, 4.69) is 66.9 Å². The van der Waals surface area contributed by atoms with E-state index in [1.54, 1.807) is 0 Å². The molecule has 0 atom stereocenters. The van der Waals surface area contributed by atoms with Crippen LogP contribution in [0.3, 0.4) is 0 Å². The fourth-order valence-electron chi connectivity index (χ4n) is 3.61. The van der Waals surface area contributed by atoms with E-state index in [0.717, 1.165) is 12.1 Å². The van der Waals surface area contributed by atoms with Gasteiger partial charge in [-0.05, 0) is 48.7 Å². The van der Waals surface area contributed by atoms with Gasteiger partial charge in [-0.15, -0.1) is 0 Å². The van der Waals surface area contributed by atoms with Crippen LogP contribution in [0.5, 0.6) is 0 Å². The van der Waals surface area contributed by atoms with Crippen LogP contribution < -0.4 is 0 Å². The topological polar surface area (TPSA) is 28.7 Å². The summed E-state index contributed by atoms with van der Waals surface area (Å²) in [6.07, 6.45) is 0. The third-order valence-electron chi connectivity index (χ3n) is 4.72. The summed E-state index contributed by atoms with van der Waals surface area (Å²) in [5.74, 6) is 0. The molecule has 4 rings (SSSR count). The molecule has 0 radical (unpaired) electrons. The number of hydrogen-bond acceptors (Lipinski definition) is 1. The third-order valence-corrected chi connectivity index (χ3v) is 4.72. The second-order valence-corrected chi connectivity index (χ2v) is 6.34. The highest BCUT2D eigenvalue weighted by molar-refractivity contribution is 6.10. The molecule has 116 valence electrons. The zero-order chi connectivity index (χ0) is 16.7. The van der Waals surface area contributed by atoms with Gasteiger partial charge in [0.25, 0.3) is 0 Å². The predicted octanol–water partition coefficient (Wildman–Crippen LogP) is 5.33. The average Bonchev–Trinajstić information content (AvgIpc) is 2.94. The maximum atomic E-state index is 9.16. The predicted molar refractivity (Wildman–Crippen MR) is 99.2 cm³/mol. The Morgan fingerprint density at radius 3 is 2.54 bits per heavy atom. The Kier molecular flexibility index (Phi) is 3.36. The highest BCUT2D eigenvalue weighted by Gasteiger charge is 2.14. The zero-order valence-electron chi connectivity index (χ0n) is 13.9. The van der Waals surface area contributed by atoms with E-state index in [-0.39, 0.29) is 0 Å². The molecule has 0 N–H and O–H groups in total. The van der Waals surface area contributed by atoms with E-state index >= 15 is 0 Å². The van der Waals surface area contributed by atoms with Gasteiger partial charge < -0.3 is 4.57 Å². The van der Waals surface area contributed by atoms with Gasteiger partial charge in [-0.3, -0.25) is 0 Å². The van der Waals surface area contributed by atoms with Crippen LogP contribution in [0, 0.1) is 25.2 Å². The number of benzene rings is 3. The fourth-order valence-corrected chi connectivity index (χ4v) is 3.61. The molecular weight excluding hydrogens is 292 g/mol. The quantitative estimate of drug-likeness (QED) is 0.492. The monoisotopic (exact) mass is 310 g/mol. The molecule has 1 aromatic heterocycles. The largest absolute Gasteiger partial charge is 0.336 e. The van der Waals surface area contributed by atoms with Gasteiger partial charge in [0, 0.05) is 22.8 Å². The molecule has 1 heterocycles. The summed E-state index contributed by atoms with van der Waals surface area (Å²) in [6.45, 7) is 5.11. The molecule has 0 aliphatic carbocycles. The Bertz CT molecular complexity index is 1110. The van der Waals surface area contributed by atoms with Crippen molar-refractivity contribution in [2.75, 3.05) is 0 Å². The first-order valence-corrected chi connectivity index (χ1v) is 8.15. The van der Waals surface area contributed by atoms with E-state index in [1.807, 2.05) is 18.2 Å². The van der Waals surface area contributed by atoms with Crippen molar-refractivity contribution in [2.45, 2.75) is 20.4 Å². The fraction of sp³-hybridized carbons (Fsp3) is 0.136. The molecule has 0 unspecified atom stereocenters. The van der Waals surface area contributed by atoms with Gasteiger partial charge in [0.1, 0.15) is 0 Å². The molecule has 0 saturated carbocycles. The molecule has 24 heavy (non-hydrogen) atoms. The Hall–Kier alpha value is -3.05. The Balaban J connectivity index is 2.03. The average molecular weight is 310 g/mol. The summed E-state index contributed by atoms with van der Waals surface area (Å²) in [5, 5.41) is 11.8. The highest BCUT2D eigenvalue weighted by Crippen LogP contribution is 2.33. The maximum absolute atomic E-state index is 9.16. The highest BCUT2D eigenvalue weighted by atomic mass is 15.0. The van der Waals surface area contributed by atoms with Crippen LogP contribution in [0.15, 0.2) is 60.7 Å². The summed E-state index contributed by atoms with van der Waals surface area (Å²) in [4.78, 5) is 0. The van der Waals surface area contributed by atoms with Gasteiger partial charge in [0.2, 0.25) is 0 Å². The smallest absolute Gasteiger partial charge is 0.0991 e. The summed E-state index contributed by atoms with van der Waals surface area (Å²) in [6, 6.07) is 23.1. The summed E-state index contributed by atoms with van der Waals surface area (Å²) in [7, 11) is 0. The van der Waals surface area contributed by atoms with Gasteiger partial charge in [-0.1, -0.05) is 42.5 Å². The lowest BCUT2D eigenvalue weighted by atomic mass is 10.0. The number of hydrogen-bond donors (Lipinski definition) is 0. The minimum atomic E-state index is 0.709. The number of fused-ring (bicyclic) bond motifs is 3. The van der Waals surface area contributed by atoms with Crippen LogP contribution in [-0.2, 0) is 6.54 Å². The standard InChI is InChI=1S/C22H18N2/c1-15-10-11-16(2)22-21(15)19-8-3-4-9-20(19)24(22)14-18-7-5-6-17(12-18)13-23/h3-12H,14H2,1-2H3. The molecular formula is C22H18N2. The van der Waals surface area contributed by atoms with Crippen LogP contribution >= 0.6 is 0 Å². The van der Waals surface area contributed by atoms with Gasteiger partial charge >= 0.3 is 0 Å². The third kappa shape index (κ3) is 2.18. The minimum absolute atomic E-state index is 0.709. The van der Waals surface area contributed by atoms with Crippen molar-refractivity contribution in [1.82, 2.24) is 4.57 Å². The summed E-state index contributed by atoms with van der Waals surface area (Å²) >= 11 is 0.